The van der Waals surface area contributed by atoms with Crippen molar-refractivity contribution in [2.24, 2.45) is 0 Å². The lowest BCUT2D eigenvalue weighted by Crippen LogP contribution is -2.06. The van der Waals surface area contributed by atoms with Crippen LogP contribution in [-0.4, -0.2) is 19.9 Å². The topological polar surface area (TPSA) is 102 Å². The van der Waals surface area contributed by atoms with E-state index in [0.29, 0.717) is 23.1 Å². The third kappa shape index (κ3) is 3.35. The zero-order valence-electron chi connectivity index (χ0n) is 15.1. The highest BCUT2D eigenvalue weighted by Gasteiger charge is 2.12. The molecule has 4 N–H and O–H groups in total. The van der Waals surface area contributed by atoms with Gasteiger partial charge in [0.05, 0.1) is 11.2 Å². The maximum Gasteiger partial charge on any atom is 0.160 e. The number of nitrogens with one attached hydrogen (secondary N) is 2. The highest BCUT2D eigenvalue weighted by Crippen LogP contribution is 2.30. The summed E-state index contributed by atoms with van der Waals surface area (Å²) in [7, 11) is 0. The van der Waals surface area contributed by atoms with Crippen molar-refractivity contribution in [3.05, 3.63) is 66.2 Å². The summed E-state index contributed by atoms with van der Waals surface area (Å²) < 4.78 is 0. The van der Waals surface area contributed by atoms with Crippen molar-refractivity contribution in [3.8, 4) is 0 Å². The molecule has 0 bridgehead atoms. The van der Waals surface area contributed by atoms with Crippen LogP contribution in [0.3, 0.4) is 0 Å². The highest BCUT2D eigenvalue weighted by molar-refractivity contribution is 5.93. The molecular weight excluding hydrogens is 338 g/mol. The number of nitrogens with zero attached hydrogens (tertiary/aromatic N) is 4. The zero-order chi connectivity index (χ0) is 18.8. The maximum absolute atomic E-state index is 6.30. The van der Waals surface area contributed by atoms with E-state index in [-0.39, 0.29) is 0 Å². The van der Waals surface area contributed by atoms with Crippen LogP contribution in [0.4, 0.5) is 28.8 Å². The van der Waals surface area contributed by atoms with E-state index in [9.17, 15) is 0 Å². The zero-order valence-corrected chi connectivity index (χ0v) is 15.1. The lowest BCUT2D eigenvalue weighted by atomic mass is 10.1. The molecule has 27 heavy (non-hydrogen) atoms. The second-order valence-corrected chi connectivity index (χ2v) is 6.23. The minimum Gasteiger partial charge on any atom is -0.393 e. The van der Waals surface area contributed by atoms with Gasteiger partial charge in [-0.05, 0) is 37.6 Å². The molecule has 0 spiro atoms. The fourth-order valence-electron chi connectivity index (χ4n) is 2.80. The van der Waals surface area contributed by atoms with E-state index in [1.807, 2.05) is 56.3 Å². The second kappa shape index (κ2) is 6.87. The minimum absolute atomic E-state index is 0.409. The van der Waals surface area contributed by atoms with Crippen molar-refractivity contribution in [2.75, 3.05) is 16.4 Å². The van der Waals surface area contributed by atoms with Crippen LogP contribution in [0.1, 0.15) is 11.3 Å². The number of rotatable bonds is 4. The average molecular weight is 357 g/mol. The molecule has 0 fully saturated rings. The molecule has 1 aromatic carbocycles. The Balaban J connectivity index is 1.70. The van der Waals surface area contributed by atoms with Gasteiger partial charge in [-0.1, -0.05) is 24.3 Å². The number of hydrogen-bond donors (Lipinski definition) is 3. The molecule has 4 rings (SSSR count). The predicted molar refractivity (Wildman–Crippen MR) is 108 cm³/mol. The van der Waals surface area contributed by atoms with Gasteiger partial charge in [0.15, 0.2) is 11.6 Å². The fourth-order valence-corrected chi connectivity index (χ4v) is 2.80. The first-order valence-electron chi connectivity index (χ1n) is 8.54. The molecule has 4 aromatic rings. The van der Waals surface area contributed by atoms with E-state index in [4.69, 9.17) is 5.73 Å². The van der Waals surface area contributed by atoms with Gasteiger partial charge in [-0.15, -0.1) is 0 Å². The number of benzene rings is 1. The first-order chi connectivity index (χ1) is 13.1. The molecule has 7 heteroatoms. The third-order valence-electron chi connectivity index (χ3n) is 4.24. The number of fused-ring (bicyclic) bond motifs is 1. The molecule has 3 heterocycles. The minimum atomic E-state index is 0.409. The van der Waals surface area contributed by atoms with Gasteiger partial charge in [0.25, 0.3) is 0 Å². The van der Waals surface area contributed by atoms with Gasteiger partial charge in [0.1, 0.15) is 17.8 Å². The maximum atomic E-state index is 6.30. The molecule has 0 amide bonds. The van der Waals surface area contributed by atoms with Crippen molar-refractivity contribution in [3.63, 3.8) is 0 Å². The van der Waals surface area contributed by atoms with Crippen LogP contribution >= 0.6 is 0 Å². The molecule has 0 radical (unpaired) electrons. The predicted octanol–water partition coefficient (Wildman–Crippen LogP) is 4.11. The van der Waals surface area contributed by atoms with Crippen LogP contribution in [0.2, 0.25) is 0 Å². The van der Waals surface area contributed by atoms with Crippen molar-refractivity contribution in [1.82, 2.24) is 19.9 Å². The molecule has 3 aromatic heterocycles. The van der Waals surface area contributed by atoms with Crippen molar-refractivity contribution < 1.29 is 0 Å². The standard InChI is InChI=1S/C20H19N7/c1-12-5-4-10-22-18(12)27-20-16(21)19(23-11-24-20)26-15-7-3-6-14-9-8-13(2)25-17(14)15/h3-11H,21H2,1-2H3,(H2,22,23,24,26,27). The highest BCUT2D eigenvalue weighted by atomic mass is 15.1. The van der Waals surface area contributed by atoms with Gasteiger partial charge in [-0.2, -0.15) is 0 Å². The smallest absolute Gasteiger partial charge is 0.160 e. The Morgan fingerprint density at radius 1 is 0.815 bits per heavy atom. The number of aromatic nitrogens is 4. The number of pyridine rings is 2. The molecule has 7 nitrogen and oxygen atoms in total. The molecular formula is C20H19N7. The lowest BCUT2D eigenvalue weighted by Gasteiger charge is -2.14. The molecule has 0 saturated carbocycles. The van der Waals surface area contributed by atoms with E-state index in [2.05, 4.69) is 30.6 Å². The Morgan fingerprint density at radius 3 is 2.44 bits per heavy atom. The van der Waals surface area contributed by atoms with Gasteiger partial charge in [0.2, 0.25) is 0 Å². The van der Waals surface area contributed by atoms with Gasteiger partial charge < -0.3 is 16.4 Å². The quantitative estimate of drug-likeness (QED) is 0.505. The summed E-state index contributed by atoms with van der Waals surface area (Å²) >= 11 is 0. The van der Waals surface area contributed by atoms with Crippen LogP contribution < -0.4 is 16.4 Å². The molecule has 0 unspecified atom stereocenters. The van der Waals surface area contributed by atoms with E-state index >= 15 is 0 Å². The Bertz CT molecular complexity index is 1120. The van der Waals surface area contributed by atoms with Crippen molar-refractivity contribution in [2.45, 2.75) is 13.8 Å². The van der Waals surface area contributed by atoms with E-state index in [1.54, 1.807) is 6.20 Å². The second-order valence-electron chi connectivity index (χ2n) is 6.23. The van der Waals surface area contributed by atoms with Crippen molar-refractivity contribution in [1.29, 1.82) is 0 Å². The summed E-state index contributed by atoms with van der Waals surface area (Å²) in [6.45, 7) is 3.93. The Hall–Kier alpha value is -3.74. The lowest BCUT2D eigenvalue weighted by molar-refractivity contribution is 1.15. The molecule has 0 aliphatic rings. The Kier molecular flexibility index (Phi) is 4.25. The summed E-state index contributed by atoms with van der Waals surface area (Å²) in [5.74, 6) is 1.71. The SMILES string of the molecule is Cc1ccc2cccc(Nc3ncnc(Nc4ncccc4C)c3N)c2n1. The van der Waals surface area contributed by atoms with Gasteiger partial charge in [-0.25, -0.2) is 15.0 Å². The number of hydrogen-bond acceptors (Lipinski definition) is 7. The van der Waals surface area contributed by atoms with Gasteiger partial charge >= 0.3 is 0 Å². The Labute approximate surface area is 156 Å². The summed E-state index contributed by atoms with van der Waals surface area (Å²) in [5, 5.41) is 7.50. The molecule has 134 valence electrons. The van der Waals surface area contributed by atoms with Gasteiger partial charge in [-0.3, -0.25) is 4.98 Å². The monoisotopic (exact) mass is 357 g/mol. The number of nitrogen functional groups attached to an aromatic ring is 1. The first-order valence-corrected chi connectivity index (χ1v) is 8.54. The molecule has 0 aliphatic carbocycles. The molecule has 0 saturated heterocycles. The molecule has 0 atom stereocenters. The van der Waals surface area contributed by atoms with Crippen LogP contribution in [-0.2, 0) is 0 Å². The largest absolute Gasteiger partial charge is 0.393 e. The summed E-state index contributed by atoms with van der Waals surface area (Å²) in [6.07, 6.45) is 3.18. The van der Waals surface area contributed by atoms with Crippen LogP contribution in [0, 0.1) is 13.8 Å². The summed E-state index contributed by atoms with van der Waals surface area (Å²) in [4.78, 5) is 17.5. The van der Waals surface area contributed by atoms with E-state index in [0.717, 1.165) is 27.8 Å². The van der Waals surface area contributed by atoms with E-state index < -0.39 is 0 Å². The summed E-state index contributed by atoms with van der Waals surface area (Å²) in [6, 6.07) is 13.8. The van der Waals surface area contributed by atoms with Crippen LogP contribution in [0.5, 0.6) is 0 Å². The van der Waals surface area contributed by atoms with E-state index in [1.165, 1.54) is 6.33 Å². The first kappa shape index (κ1) is 16.7. The third-order valence-corrected chi connectivity index (χ3v) is 4.24. The molecule has 0 aliphatic heterocycles. The average Bonchev–Trinajstić information content (AvgIpc) is 2.67. The van der Waals surface area contributed by atoms with Crippen LogP contribution in [0.15, 0.2) is 55.0 Å². The normalized spacial score (nSPS) is 10.7. The number of para-hydroxylation sites is 1. The number of aryl methyl sites for hydroxylation is 2. The fraction of sp³-hybridized carbons (Fsp3) is 0.100. The van der Waals surface area contributed by atoms with Gasteiger partial charge in [0, 0.05) is 17.3 Å². The van der Waals surface area contributed by atoms with Crippen LogP contribution in [0.25, 0.3) is 10.9 Å². The number of anilines is 5. The Morgan fingerprint density at radius 2 is 1.63 bits per heavy atom. The number of nitrogens with two attached hydrogens (primary N) is 1. The summed E-state index contributed by atoms with van der Waals surface area (Å²) in [5.41, 5.74) is 10.4. The van der Waals surface area contributed by atoms with Crippen molar-refractivity contribution >= 4 is 39.7 Å².